The second kappa shape index (κ2) is 5.09. The van der Waals surface area contributed by atoms with Gasteiger partial charge in [-0.25, -0.2) is 4.39 Å². The first kappa shape index (κ1) is 11.8. The zero-order valence-electron chi connectivity index (χ0n) is 9.19. The molecule has 0 atom stereocenters. The van der Waals surface area contributed by atoms with Crippen LogP contribution in [0.5, 0.6) is 5.75 Å². The Bertz CT molecular complexity index is 421. The zero-order valence-corrected chi connectivity index (χ0v) is 9.19. The summed E-state index contributed by atoms with van der Waals surface area (Å²) >= 11 is 0. The highest BCUT2D eigenvalue weighted by molar-refractivity contribution is 5.46. The van der Waals surface area contributed by atoms with Gasteiger partial charge in [-0.3, -0.25) is 10.1 Å². The number of rotatable bonds is 5. The van der Waals surface area contributed by atoms with E-state index in [2.05, 4.69) is 5.32 Å². The summed E-state index contributed by atoms with van der Waals surface area (Å²) in [5, 5.41) is 13.8. The summed E-state index contributed by atoms with van der Waals surface area (Å²) in [4.78, 5) is 10.1. The van der Waals surface area contributed by atoms with Crippen molar-refractivity contribution in [2.45, 2.75) is 6.42 Å². The molecule has 1 aliphatic rings. The lowest BCUT2D eigenvalue weighted by atomic mass is 10.0. The van der Waals surface area contributed by atoms with Crippen molar-refractivity contribution in [1.82, 2.24) is 5.32 Å². The van der Waals surface area contributed by atoms with Crippen LogP contribution in [0, 0.1) is 21.8 Å². The Labute approximate surface area is 97.7 Å². The van der Waals surface area contributed by atoms with Gasteiger partial charge in [0.05, 0.1) is 11.5 Å². The van der Waals surface area contributed by atoms with Crippen molar-refractivity contribution >= 4 is 5.69 Å². The topological polar surface area (TPSA) is 64.4 Å². The van der Waals surface area contributed by atoms with Gasteiger partial charge in [-0.2, -0.15) is 0 Å². The van der Waals surface area contributed by atoms with Crippen LogP contribution in [0.15, 0.2) is 18.2 Å². The first-order valence-corrected chi connectivity index (χ1v) is 5.44. The first-order valence-electron chi connectivity index (χ1n) is 5.44. The molecule has 0 radical (unpaired) electrons. The third kappa shape index (κ3) is 2.91. The summed E-state index contributed by atoms with van der Waals surface area (Å²) < 4.78 is 18.2. The van der Waals surface area contributed by atoms with Crippen LogP contribution in [0.1, 0.15) is 6.42 Å². The lowest BCUT2D eigenvalue weighted by Gasteiger charge is -2.26. The maximum absolute atomic E-state index is 13.0. The van der Waals surface area contributed by atoms with Gasteiger partial charge in [0.2, 0.25) is 0 Å². The van der Waals surface area contributed by atoms with Gasteiger partial charge >= 0.3 is 5.69 Å². The smallest absolute Gasteiger partial charge is 0.311 e. The quantitative estimate of drug-likeness (QED) is 0.628. The molecule has 1 aromatic carbocycles. The van der Waals surface area contributed by atoms with E-state index in [9.17, 15) is 14.5 Å². The molecule has 1 heterocycles. The number of nitro benzene ring substituents is 1. The number of halogens is 1. The van der Waals surface area contributed by atoms with E-state index in [4.69, 9.17) is 4.74 Å². The number of ether oxygens (including phenoxy) is 1. The monoisotopic (exact) mass is 240 g/mol. The zero-order chi connectivity index (χ0) is 12.3. The molecule has 0 aromatic heterocycles. The largest absolute Gasteiger partial charge is 0.487 e. The molecule has 17 heavy (non-hydrogen) atoms. The van der Waals surface area contributed by atoms with Crippen molar-refractivity contribution < 1.29 is 14.1 Å². The van der Waals surface area contributed by atoms with Crippen LogP contribution >= 0.6 is 0 Å². The summed E-state index contributed by atoms with van der Waals surface area (Å²) in [7, 11) is 0. The van der Waals surface area contributed by atoms with Crippen molar-refractivity contribution in [3.63, 3.8) is 0 Å². The average Bonchev–Trinajstić information content (AvgIpc) is 2.21. The Morgan fingerprint density at radius 3 is 2.88 bits per heavy atom. The minimum absolute atomic E-state index is 0.00211. The number of nitrogens with one attached hydrogen (secondary N) is 1. The molecule has 92 valence electrons. The van der Waals surface area contributed by atoms with E-state index in [1.165, 1.54) is 0 Å². The molecule has 6 heteroatoms. The van der Waals surface area contributed by atoms with Gasteiger partial charge in [-0.05, 0) is 31.5 Å². The number of benzene rings is 1. The number of nitrogens with zero attached hydrogens (tertiary/aromatic N) is 1. The Balaban J connectivity index is 1.97. The predicted octanol–water partition coefficient (Wildman–Crippen LogP) is 1.72. The summed E-state index contributed by atoms with van der Waals surface area (Å²) in [5.74, 6) is 0.0285. The Morgan fingerprint density at radius 1 is 1.53 bits per heavy atom. The lowest BCUT2D eigenvalue weighted by molar-refractivity contribution is -0.385. The molecule has 0 unspecified atom stereocenters. The van der Waals surface area contributed by atoms with Crippen LogP contribution in [0.2, 0.25) is 0 Å². The molecule has 0 saturated carbocycles. The molecule has 2 rings (SSSR count). The third-order valence-corrected chi connectivity index (χ3v) is 2.77. The minimum atomic E-state index is -0.570. The van der Waals surface area contributed by atoms with Crippen LogP contribution in [0.4, 0.5) is 10.1 Å². The fourth-order valence-corrected chi connectivity index (χ4v) is 1.64. The molecular weight excluding hydrogens is 227 g/mol. The number of nitro groups is 1. The van der Waals surface area contributed by atoms with Crippen LogP contribution in [0.3, 0.4) is 0 Å². The van der Waals surface area contributed by atoms with E-state index in [0.29, 0.717) is 12.5 Å². The van der Waals surface area contributed by atoms with E-state index >= 15 is 0 Å². The van der Waals surface area contributed by atoms with Gasteiger partial charge in [-0.15, -0.1) is 0 Å². The highest BCUT2D eigenvalue weighted by atomic mass is 19.1. The standard InChI is InChI=1S/C11H13FN2O3/c12-9-1-2-10(14(15)16)11(5-9)17-4-3-8-6-13-7-8/h1-2,5,8,13H,3-4,6-7H2. The van der Waals surface area contributed by atoms with Crippen molar-refractivity contribution in [2.24, 2.45) is 5.92 Å². The maximum Gasteiger partial charge on any atom is 0.311 e. The molecule has 0 bridgehead atoms. The number of hydrogen-bond acceptors (Lipinski definition) is 4. The molecule has 1 aliphatic heterocycles. The molecule has 5 nitrogen and oxygen atoms in total. The van der Waals surface area contributed by atoms with Crippen molar-refractivity contribution in [1.29, 1.82) is 0 Å². The molecular formula is C11H13FN2O3. The number of hydrogen-bond donors (Lipinski definition) is 1. The van der Waals surface area contributed by atoms with Crippen molar-refractivity contribution in [2.75, 3.05) is 19.7 Å². The van der Waals surface area contributed by atoms with Crippen molar-refractivity contribution in [3.8, 4) is 5.75 Å². The Hall–Kier alpha value is -1.69. The minimum Gasteiger partial charge on any atom is -0.487 e. The summed E-state index contributed by atoms with van der Waals surface area (Å²) in [5.41, 5.74) is -0.196. The molecule has 1 saturated heterocycles. The normalized spacial score (nSPS) is 15.4. The maximum atomic E-state index is 13.0. The van der Waals surface area contributed by atoms with Crippen LogP contribution in [-0.2, 0) is 0 Å². The van der Waals surface area contributed by atoms with Crippen LogP contribution in [-0.4, -0.2) is 24.6 Å². The Morgan fingerprint density at radius 2 is 2.29 bits per heavy atom. The highest BCUT2D eigenvalue weighted by Gasteiger charge is 2.19. The second-order valence-electron chi connectivity index (χ2n) is 4.03. The van der Waals surface area contributed by atoms with E-state index in [1.807, 2.05) is 0 Å². The first-order chi connectivity index (χ1) is 8.16. The SMILES string of the molecule is O=[N+]([O-])c1ccc(F)cc1OCCC1CNC1. The average molecular weight is 240 g/mol. The van der Waals surface area contributed by atoms with Gasteiger partial charge in [0.1, 0.15) is 5.82 Å². The molecule has 0 spiro atoms. The highest BCUT2D eigenvalue weighted by Crippen LogP contribution is 2.27. The fraction of sp³-hybridized carbons (Fsp3) is 0.455. The van der Waals surface area contributed by atoms with E-state index in [1.54, 1.807) is 0 Å². The van der Waals surface area contributed by atoms with Gasteiger partial charge in [0, 0.05) is 12.1 Å². The van der Waals surface area contributed by atoms with Gasteiger partial charge < -0.3 is 10.1 Å². The van der Waals surface area contributed by atoms with Crippen molar-refractivity contribution in [3.05, 3.63) is 34.1 Å². The van der Waals surface area contributed by atoms with Crippen LogP contribution in [0.25, 0.3) is 0 Å². The summed E-state index contributed by atoms with van der Waals surface area (Å²) in [6.45, 7) is 2.28. The molecule has 1 aromatic rings. The van der Waals surface area contributed by atoms with Crippen LogP contribution < -0.4 is 10.1 Å². The summed E-state index contributed by atoms with van der Waals surface area (Å²) in [6, 6.07) is 3.23. The molecule has 0 aliphatic carbocycles. The van der Waals surface area contributed by atoms with Gasteiger partial charge in [0.25, 0.3) is 0 Å². The van der Waals surface area contributed by atoms with Gasteiger partial charge in [-0.1, -0.05) is 0 Å². The molecule has 1 N–H and O–H groups in total. The Kier molecular flexibility index (Phi) is 3.53. The predicted molar refractivity (Wildman–Crippen MR) is 59.5 cm³/mol. The third-order valence-electron chi connectivity index (χ3n) is 2.77. The van der Waals surface area contributed by atoms with E-state index < -0.39 is 10.7 Å². The lowest BCUT2D eigenvalue weighted by Crippen LogP contribution is -2.42. The van der Waals surface area contributed by atoms with E-state index in [0.717, 1.165) is 37.7 Å². The second-order valence-corrected chi connectivity index (χ2v) is 4.03. The van der Waals surface area contributed by atoms with E-state index in [-0.39, 0.29) is 11.4 Å². The summed E-state index contributed by atoms with van der Waals surface area (Å²) in [6.07, 6.45) is 0.820. The van der Waals surface area contributed by atoms with Gasteiger partial charge in [0.15, 0.2) is 5.75 Å². The fourth-order valence-electron chi connectivity index (χ4n) is 1.64. The molecule has 1 fully saturated rings. The molecule has 0 amide bonds.